The first-order chi connectivity index (χ1) is 7.82. The molecule has 0 spiro atoms. The molecule has 5 heteroatoms. The van der Waals surface area contributed by atoms with Gasteiger partial charge in [-0.25, -0.2) is 8.78 Å². The van der Waals surface area contributed by atoms with E-state index in [4.69, 9.17) is 4.74 Å². The smallest absolute Gasteiger partial charge is 0.262 e. The lowest BCUT2D eigenvalue weighted by Crippen LogP contribution is -2.39. The highest BCUT2D eigenvalue weighted by Crippen LogP contribution is 2.33. The van der Waals surface area contributed by atoms with E-state index in [1.54, 1.807) is 4.90 Å². The molecular formula is C12H21F2NO2. The van der Waals surface area contributed by atoms with Crippen molar-refractivity contribution in [3.63, 3.8) is 0 Å². The molecule has 1 fully saturated rings. The zero-order chi connectivity index (χ0) is 13.1. The van der Waals surface area contributed by atoms with Gasteiger partial charge in [0, 0.05) is 24.9 Å². The quantitative estimate of drug-likeness (QED) is 0.675. The average molecular weight is 249 g/mol. The third-order valence-corrected chi connectivity index (χ3v) is 2.99. The van der Waals surface area contributed by atoms with Crippen LogP contribution in [-0.4, -0.2) is 48.4 Å². The minimum atomic E-state index is -2.61. The molecule has 0 aromatic heterocycles. The molecule has 0 unspecified atom stereocenters. The zero-order valence-electron chi connectivity index (χ0n) is 10.7. The summed E-state index contributed by atoms with van der Waals surface area (Å²) in [6, 6.07) is -0.151. The van der Waals surface area contributed by atoms with Crippen molar-refractivity contribution in [2.24, 2.45) is 0 Å². The molecule has 1 aliphatic heterocycles. The Morgan fingerprint density at radius 2 is 2.18 bits per heavy atom. The van der Waals surface area contributed by atoms with E-state index < -0.39 is 5.92 Å². The van der Waals surface area contributed by atoms with Gasteiger partial charge < -0.3 is 4.74 Å². The molecule has 1 heterocycles. The number of rotatable bonds is 6. The molecule has 1 aliphatic rings. The first kappa shape index (κ1) is 14.5. The van der Waals surface area contributed by atoms with Crippen LogP contribution in [0.2, 0.25) is 0 Å². The SMILES string of the molecule is CC(=O)CCOC[C@@H]1CC(F)(F)CN1C(C)C. The molecule has 1 saturated heterocycles. The molecule has 0 N–H and O–H groups in total. The lowest BCUT2D eigenvalue weighted by molar-refractivity contribution is -0.118. The third kappa shape index (κ3) is 4.68. The Bertz CT molecular complexity index is 269. The van der Waals surface area contributed by atoms with Crippen LogP contribution in [0.15, 0.2) is 0 Å². The average Bonchev–Trinajstić information content (AvgIpc) is 2.48. The van der Waals surface area contributed by atoms with Gasteiger partial charge in [0.15, 0.2) is 0 Å². The highest BCUT2D eigenvalue weighted by atomic mass is 19.3. The minimum absolute atomic E-state index is 0.0578. The number of carbonyl (C=O) groups is 1. The lowest BCUT2D eigenvalue weighted by Gasteiger charge is -2.27. The molecule has 0 bridgehead atoms. The molecule has 1 rings (SSSR count). The molecule has 3 nitrogen and oxygen atoms in total. The van der Waals surface area contributed by atoms with Crippen LogP contribution in [0.25, 0.3) is 0 Å². The fraction of sp³-hybridized carbons (Fsp3) is 0.917. The third-order valence-electron chi connectivity index (χ3n) is 2.99. The number of carbonyl (C=O) groups excluding carboxylic acids is 1. The molecule has 0 aromatic carbocycles. The Labute approximate surface area is 101 Å². The van der Waals surface area contributed by atoms with Crippen molar-refractivity contribution in [1.82, 2.24) is 4.90 Å². The second-order valence-corrected chi connectivity index (χ2v) is 5.01. The fourth-order valence-corrected chi connectivity index (χ4v) is 2.12. The van der Waals surface area contributed by atoms with Gasteiger partial charge in [0.05, 0.1) is 19.8 Å². The normalized spacial score (nSPS) is 24.5. The van der Waals surface area contributed by atoms with Crippen molar-refractivity contribution in [2.75, 3.05) is 19.8 Å². The van der Waals surface area contributed by atoms with E-state index in [9.17, 15) is 13.6 Å². The summed E-state index contributed by atoms with van der Waals surface area (Å²) in [5.74, 6) is -2.55. The van der Waals surface area contributed by atoms with Gasteiger partial charge in [0.1, 0.15) is 5.78 Å². The van der Waals surface area contributed by atoms with Crippen LogP contribution in [0.4, 0.5) is 8.78 Å². The van der Waals surface area contributed by atoms with E-state index in [1.807, 2.05) is 13.8 Å². The van der Waals surface area contributed by atoms with Gasteiger partial charge in [-0.05, 0) is 20.8 Å². The summed E-state index contributed by atoms with van der Waals surface area (Å²) >= 11 is 0. The molecule has 0 aliphatic carbocycles. The van der Waals surface area contributed by atoms with Gasteiger partial charge in [-0.3, -0.25) is 9.69 Å². The number of likely N-dealkylation sites (tertiary alicyclic amines) is 1. The lowest BCUT2D eigenvalue weighted by atomic mass is 10.2. The van der Waals surface area contributed by atoms with E-state index in [-0.39, 0.29) is 37.4 Å². The molecule has 0 saturated carbocycles. The Kier molecular flexibility index (Phi) is 5.01. The van der Waals surface area contributed by atoms with Crippen molar-refractivity contribution in [1.29, 1.82) is 0 Å². The molecule has 0 amide bonds. The van der Waals surface area contributed by atoms with E-state index in [0.29, 0.717) is 13.0 Å². The maximum Gasteiger partial charge on any atom is 0.262 e. The highest BCUT2D eigenvalue weighted by molar-refractivity contribution is 5.75. The number of ketones is 1. The summed E-state index contributed by atoms with van der Waals surface area (Å²) in [6.07, 6.45) is 0.204. The minimum Gasteiger partial charge on any atom is -0.379 e. The Hall–Kier alpha value is -0.550. The molecular weight excluding hydrogens is 228 g/mol. The van der Waals surface area contributed by atoms with Gasteiger partial charge in [-0.15, -0.1) is 0 Å². The first-order valence-electron chi connectivity index (χ1n) is 6.02. The van der Waals surface area contributed by atoms with Gasteiger partial charge >= 0.3 is 0 Å². The predicted molar refractivity (Wildman–Crippen MR) is 61.3 cm³/mol. The van der Waals surface area contributed by atoms with Crippen LogP contribution in [0.5, 0.6) is 0 Å². The van der Waals surface area contributed by atoms with Crippen LogP contribution in [0.3, 0.4) is 0 Å². The predicted octanol–water partition coefficient (Wildman–Crippen LogP) is 2.10. The molecule has 1 atom stereocenters. The van der Waals surface area contributed by atoms with E-state index in [1.165, 1.54) is 6.92 Å². The summed E-state index contributed by atoms with van der Waals surface area (Å²) in [4.78, 5) is 12.5. The summed E-state index contributed by atoms with van der Waals surface area (Å²) in [6.45, 7) is 5.72. The van der Waals surface area contributed by atoms with Crippen molar-refractivity contribution in [3.05, 3.63) is 0 Å². The van der Waals surface area contributed by atoms with Crippen molar-refractivity contribution in [3.8, 4) is 0 Å². The maximum absolute atomic E-state index is 13.3. The molecule has 17 heavy (non-hydrogen) atoms. The highest BCUT2D eigenvalue weighted by Gasteiger charge is 2.45. The van der Waals surface area contributed by atoms with Crippen LogP contribution >= 0.6 is 0 Å². The number of ether oxygens (including phenoxy) is 1. The van der Waals surface area contributed by atoms with Crippen LogP contribution in [0, 0.1) is 0 Å². The Balaban J connectivity index is 2.37. The standard InChI is InChI=1S/C12H21F2NO2/c1-9(2)15-8-12(13,14)6-11(15)7-17-5-4-10(3)16/h9,11H,4-8H2,1-3H3/t11-/m0/s1. The van der Waals surface area contributed by atoms with Crippen LogP contribution in [-0.2, 0) is 9.53 Å². The number of hydrogen-bond donors (Lipinski definition) is 0. The fourth-order valence-electron chi connectivity index (χ4n) is 2.12. The van der Waals surface area contributed by atoms with Gasteiger partial charge in [-0.2, -0.15) is 0 Å². The second-order valence-electron chi connectivity index (χ2n) is 5.01. The van der Waals surface area contributed by atoms with Crippen molar-refractivity contribution >= 4 is 5.78 Å². The number of alkyl halides is 2. The van der Waals surface area contributed by atoms with Crippen molar-refractivity contribution in [2.45, 2.75) is 51.6 Å². The number of hydrogen-bond acceptors (Lipinski definition) is 3. The van der Waals surface area contributed by atoms with Gasteiger partial charge in [-0.1, -0.05) is 0 Å². The number of nitrogens with zero attached hydrogens (tertiary/aromatic N) is 1. The topological polar surface area (TPSA) is 29.5 Å². The first-order valence-corrected chi connectivity index (χ1v) is 6.02. The van der Waals surface area contributed by atoms with Crippen molar-refractivity contribution < 1.29 is 18.3 Å². The Morgan fingerprint density at radius 1 is 1.53 bits per heavy atom. The largest absolute Gasteiger partial charge is 0.379 e. The molecule has 100 valence electrons. The number of Topliss-reactive ketones (excluding diaryl/α,β-unsaturated/α-hetero) is 1. The summed E-state index contributed by atoms with van der Waals surface area (Å²) in [7, 11) is 0. The molecule has 0 radical (unpaired) electrons. The van der Waals surface area contributed by atoms with Crippen LogP contribution < -0.4 is 0 Å². The number of halogens is 2. The summed E-state index contributed by atoms with van der Waals surface area (Å²) in [5, 5.41) is 0. The maximum atomic E-state index is 13.3. The zero-order valence-corrected chi connectivity index (χ0v) is 10.7. The van der Waals surface area contributed by atoms with E-state index in [0.717, 1.165) is 0 Å². The molecule has 0 aromatic rings. The summed E-state index contributed by atoms with van der Waals surface area (Å²) < 4.78 is 31.9. The van der Waals surface area contributed by atoms with Gasteiger partial charge in [0.25, 0.3) is 5.92 Å². The van der Waals surface area contributed by atoms with Crippen LogP contribution in [0.1, 0.15) is 33.6 Å². The van der Waals surface area contributed by atoms with Gasteiger partial charge in [0.2, 0.25) is 0 Å². The second kappa shape index (κ2) is 5.87. The van der Waals surface area contributed by atoms with E-state index in [2.05, 4.69) is 0 Å². The monoisotopic (exact) mass is 249 g/mol. The summed E-state index contributed by atoms with van der Waals surface area (Å²) in [5.41, 5.74) is 0. The Morgan fingerprint density at radius 3 is 2.71 bits per heavy atom. The van der Waals surface area contributed by atoms with E-state index >= 15 is 0 Å².